The number of methoxy groups -OCH3 is 1. The molecule has 8 nitrogen and oxygen atoms in total. The third-order valence-corrected chi connectivity index (χ3v) is 7.21. The Morgan fingerprint density at radius 3 is 1.85 bits per heavy atom. The normalized spacial score (nSPS) is 12.0. The maximum atomic E-state index is 13.4. The zero-order valence-corrected chi connectivity index (χ0v) is 22.6. The minimum atomic E-state index is -0.869. The van der Waals surface area contributed by atoms with Gasteiger partial charge in [0.15, 0.2) is 0 Å². The number of hydrogen-bond acceptors (Lipinski definition) is 6. The molecule has 4 aromatic carbocycles. The van der Waals surface area contributed by atoms with Crippen LogP contribution in [0, 0.1) is 10.1 Å². The molecule has 0 saturated heterocycles. The average molecular weight is 547 g/mol. The van der Waals surface area contributed by atoms with Gasteiger partial charge in [-0.3, -0.25) is 20.2 Å². The summed E-state index contributed by atoms with van der Waals surface area (Å²) in [5, 5.41) is 14.8. The minimum absolute atomic E-state index is 0.0358. The predicted octanol–water partition coefficient (Wildman–Crippen LogP) is 5.51. The van der Waals surface area contributed by atoms with Crippen molar-refractivity contribution in [2.45, 2.75) is 24.5 Å². The number of nitro benzene ring substituents is 1. The van der Waals surface area contributed by atoms with E-state index < -0.39 is 22.5 Å². The predicted molar refractivity (Wildman–Crippen MR) is 156 cm³/mol. The molecule has 1 N–H and O–H groups in total. The number of carbonyl (C=O) groups excluding carboxylic acids is 1. The molecule has 5 rings (SSSR count). The molecule has 0 aliphatic heterocycles. The number of rotatable bonds is 11. The fourth-order valence-electron chi connectivity index (χ4n) is 5.20. The number of hydrogen-bond donors (Lipinski definition) is 1. The second kappa shape index (κ2) is 12.4. The van der Waals surface area contributed by atoms with Crippen LogP contribution in [0.25, 0.3) is 0 Å². The first-order chi connectivity index (χ1) is 20.0. The van der Waals surface area contributed by atoms with Crippen LogP contribution in [0.15, 0.2) is 128 Å². The Morgan fingerprint density at radius 2 is 1.39 bits per heavy atom. The zero-order valence-electron chi connectivity index (χ0n) is 22.6. The van der Waals surface area contributed by atoms with E-state index >= 15 is 0 Å². The van der Waals surface area contributed by atoms with Crippen molar-refractivity contribution in [3.05, 3.63) is 166 Å². The van der Waals surface area contributed by atoms with Gasteiger partial charge < -0.3 is 9.30 Å². The summed E-state index contributed by atoms with van der Waals surface area (Å²) < 4.78 is 7.25. The summed E-state index contributed by atoms with van der Waals surface area (Å²) in [6.07, 6.45) is 3.73. The van der Waals surface area contributed by atoms with Crippen molar-refractivity contribution in [1.29, 1.82) is 0 Å². The van der Waals surface area contributed by atoms with Gasteiger partial charge in [0.2, 0.25) is 0 Å². The van der Waals surface area contributed by atoms with E-state index in [-0.39, 0.29) is 5.69 Å². The molecule has 41 heavy (non-hydrogen) atoms. The van der Waals surface area contributed by atoms with E-state index in [2.05, 4.69) is 46.7 Å². The highest BCUT2D eigenvalue weighted by atomic mass is 16.6. The molecule has 1 heterocycles. The third-order valence-electron chi connectivity index (χ3n) is 7.21. The van der Waals surface area contributed by atoms with Crippen LogP contribution in [0.1, 0.15) is 27.9 Å². The van der Waals surface area contributed by atoms with Crippen LogP contribution >= 0.6 is 0 Å². The molecule has 1 aromatic heterocycles. The minimum Gasteiger partial charge on any atom is -0.468 e. The smallest absolute Gasteiger partial charge is 0.323 e. The van der Waals surface area contributed by atoms with Gasteiger partial charge in [-0.05, 0) is 22.3 Å². The average Bonchev–Trinajstić information content (AvgIpc) is 3.46. The third kappa shape index (κ3) is 5.92. The Hall–Kier alpha value is -5.08. The van der Waals surface area contributed by atoms with Crippen LogP contribution in [0.3, 0.4) is 0 Å². The molecule has 0 aliphatic rings. The Bertz CT molecular complexity index is 1490. The number of aromatic nitrogens is 2. The van der Waals surface area contributed by atoms with Crippen LogP contribution in [-0.4, -0.2) is 33.6 Å². The number of nitrogens with zero attached hydrogens (tertiary/aromatic N) is 3. The van der Waals surface area contributed by atoms with E-state index in [9.17, 15) is 14.9 Å². The molecule has 1 atom stereocenters. The van der Waals surface area contributed by atoms with Gasteiger partial charge >= 0.3 is 5.97 Å². The molecular weight excluding hydrogens is 516 g/mol. The van der Waals surface area contributed by atoms with Gasteiger partial charge in [-0.1, -0.05) is 103 Å². The second-order valence-electron chi connectivity index (χ2n) is 9.71. The number of carbonyl (C=O) groups is 1. The first kappa shape index (κ1) is 27.5. The summed E-state index contributed by atoms with van der Waals surface area (Å²) in [6.45, 7) is 0.447. The highest BCUT2D eigenvalue weighted by molar-refractivity contribution is 5.76. The van der Waals surface area contributed by atoms with Gasteiger partial charge in [0, 0.05) is 37.0 Å². The summed E-state index contributed by atoms with van der Waals surface area (Å²) in [5.74, 6) is -0.403. The van der Waals surface area contributed by atoms with Crippen molar-refractivity contribution in [2.75, 3.05) is 7.11 Å². The van der Waals surface area contributed by atoms with Crippen LogP contribution in [0.5, 0.6) is 0 Å². The lowest BCUT2D eigenvalue weighted by Gasteiger charge is -2.39. The second-order valence-corrected chi connectivity index (χ2v) is 9.71. The van der Waals surface area contributed by atoms with Crippen molar-refractivity contribution in [3.63, 3.8) is 0 Å². The van der Waals surface area contributed by atoms with E-state index in [0.29, 0.717) is 13.0 Å². The standard InChI is InChI=1S/C33H30N4O4/c1-41-32(38)31(21-30-22-34-24-36(30)23-25-17-19-29(20-18-25)37(39)40)35-33(26-11-5-2-6-12-26,27-13-7-3-8-14-27)28-15-9-4-10-16-28/h2-20,22,24,31,35H,21,23H2,1H3/t31-/m0/s1. The summed E-state index contributed by atoms with van der Waals surface area (Å²) >= 11 is 0. The van der Waals surface area contributed by atoms with Crippen LogP contribution in [0.4, 0.5) is 5.69 Å². The molecule has 0 spiro atoms. The van der Waals surface area contributed by atoms with Crippen molar-refractivity contribution in [1.82, 2.24) is 14.9 Å². The number of imidazole rings is 1. The van der Waals surface area contributed by atoms with Crippen molar-refractivity contribution >= 4 is 11.7 Å². The Morgan fingerprint density at radius 1 is 0.878 bits per heavy atom. The van der Waals surface area contributed by atoms with Gasteiger partial charge in [-0.2, -0.15) is 0 Å². The lowest BCUT2D eigenvalue weighted by Crippen LogP contribution is -2.53. The van der Waals surface area contributed by atoms with Gasteiger partial charge in [-0.25, -0.2) is 4.98 Å². The summed E-state index contributed by atoms with van der Waals surface area (Å²) in [4.78, 5) is 28.4. The maximum absolute atomic E-state index is 13.4. The topological polar surface area (TPSA) is 99.3 Å². The first-order valence-corrected chi connectivity index (χ1v) is 13.3. The van der Waals surface area contributed by atoms with Crippen molar-refractivity contribution < 1.29 is 14.5 Å². The molecule has 0 fully saturated rings. The van der Waals surface area contributed by atoms with E-state index in [4.69, 9.17) is 4.74 Å². The molecular formula is C33H30N4O4. The summed E-state index contributed by atoms with van der Waals surface area (Å²) in [6, 6.07) is 35.9. The number of nitrogens with one attached hydrogen (secondary N) is 1. The Labute approximate surface area is 238 Å². The van der Waals surface area contributed by atoms with Crippen LogP contribution in [0.2, 0.25) is 0 Å². The molecule has 0 saturated carbocycles. The monoisotopic (exact) mass is 546 g/mol. The molecule has 5 aromatic rings. The Kier molecular flexibility index (Phi) is 8.31. The molecule has 0 bridgehead atoms. The summed E-state index contributed by atoms with van der Waals surface area (Å²) in [7, 11) is 1.39. The van der Waals surface area contributed by atoms with Gasteiger partial charge in [-0.15, -0.1) is 0 Å². The van der Waals surface area contributed by atoms with E-state index in [1.165, 1.54) is 19.2 Å². The van der Waals surface area contributed by atoms with Gasteiger partial charge in [0.25, 0.3) is 5.69 Å². The number of benzene rings is 4. The van der Waals surface area contributed by atoms with E-state index in [0.717, 1.165) is 27.9 Å². The van der Waals surface area contributed by atoms with Gasteiger partial charge in [0.05, 0.1) is 23.9 Å². The number of nitro groups is 1. The van der Waals surface area contributed by atoms with Crippen molar-refractivity contribution in [3.8, 4) is 0 Å². The van der Waals surface area contributed by atoms with Crippen LogP contribution < -0.4 is 5.32 Å². The lowest BCUT2D eigenvalue weighted by molar-refractivity contribution is -0.384. The highest BCUT2D eigenvalue weighted by Crippen LogP contribution is 2.37. The quantitative estimate of drug-likeness (QED) is 0.102. The van der Waals surface area contributed by atoms with E-state index in [1.54, 1.807) is 24.7 Å². The first-order valence-electron chi connectivity index (χ1n) is 13.3. The maximum Gasteiger partial charge on any atom is 0.323 e. The number of ether oxygens (including phenoxy) is 1. The number of esters is 1. The Balaban J connectivity index is 1.55. The fraction of sp³-hybridized carbons (Fsp3) is 0.152. The molecule has 0 radical (unpaired) electrons. The molecule has 206 valence electrons. The van der Waals surface area contributed by atoms with Crippen LogP contribution in [-0.2, 0) is 28.0 Å². The molecule has 0 aliphatic carbocycles. The summed E-state index contributed by atoms with van der Waals surface area (Å²) in [5.41, 5.74) is 3.79. The largest absolute Gasteiger partial charge is 0.468 e. The molecule has 0 amide bonds. The molecule has 0 unspecified atom stereocenters. The fourth-order valence-corrected chi connectivity index (χ4v) is 5.20. The lowest BCUT2D eigenvalue weighted by atomic mass is 9.76. The zero-order chi connectivity index (χ0) is 28.7. The van der Waals surface area contributed by atoms with E-state index in [1.807, 2.05) is 59.2 Å². The SMILES string of the molecule is COC(=O)[C@H](Cc1cncn1Cc1ccc([N+](=O)[O-])cc1)NC(c1ccccc1)(c1ccccc1)c1ccccc1. The molecule has 8 heteroatoms. The number of non-ortho nitro benzene ring substituents is 1. The van der Waals surface area contributed by atoms with Crippen molar-refractivity contribution in [2.24, 2.45) is 0 Å². The highest BCUT2D eigenvalue weighted by Gasteiger charge is 2.40. The van der Waals surface area contributed by atoms with Gasteiger partial charge in [0.1, 0.15) is 6.04 Å².